The van der Waals surface area contributed by atoms with Gasteiger partial charge in [-0.15, -0.1) is 11.3 Å². The van der Waals surface area contributed by atoms with Crippen LogP contribution in [0.15, 0.2) is 36.6 Å². The fourth-order valence-corrected chi connectivity index (χ4v) is 5.10. The predicted octanol–water partition coefficient (Wildman–Crippen LogP) is 5.10. The van der Waals surface area contributed by atoms with Gasteiger partial charge in [-0.2, -0.15) is 0 Å². The van der Waals surface area contributed by atoms with Gasteiger partial charge in [0.2, 0.25) is 0 Å². The molecule has 72 valence electrons. The average molecular weight is 398 g/mol. The maximum atomic E-state index is 4.00. The standard InChI is InChI=1S/C9H4Br3NS/c10-7-6(8(11)14-9(7)12)5-1-3-13-4-2-5/h1-4H. The summed E-state index contributed by atoms with van der Waals surface area (Å²) in [7, 11) is 0. The van der Waals surface area contributed by atoms with E-state index < -0.39 is 0 Å². The Bertz CT molecular complexity index is 453. The normalized spacial score (nSPS) is 10.5. The fourth-order valence-electron chi connectivity index (χ4n) is 1.12. The molecule has 14 heavy (non-hydrogen) atoms. The lowest BCUT2D eigenvalue weighted by Crippen LogP contribution is -1.76. The third-order valence-electron chi connectivity index (χ3n) is 1.74. The van der Waals surface area contributed by atoms with Gasteiger partial charge in [-0.25, -0.2) is 0 Å². The lowest BCUT2D eigenvalue weighted by Gasteiger charge is -1.99. The summed E-state index contributed by atoms with van der Waals surface area (Å²) in [6.07, 6.45) is 3.58. The molecule has 0 aliphatic rings. The number of pyridine rings is 1. The topological polar surface area (TPSA) is 12.9 Å². The van der Waals surface area contributed by atoms with E-state index in [0.29, 0.717) is 0 Å². The second-order valence-electron chi connectivity index (χ2n) is 2.57. The number of rotatable bonds is 1. The second-order valence-corrected chi connectivity index (χ2v) is 7.02. The van der Waals surface area contributed by atoms with Gasteiger partial charge in [0, 0.05) is 18.0 Å². The Morgan fingerprint density at radius 3 is 2.14 bits per heavy atom. The molecule has 1 nitrogen and oxygen atoms in total. The molecule has 0 spiro atoms. The Morgan fingerprint density at radius 2 is 1.64 bits per heavy atom. The van der Waals surface area contributed by atoms with E-state index in [1.54, 1.807) is 23.7 Å². The molecule has 2 rings (SSSR count). The number of hydrogen-bond acceptors (Lipinski definition) is 2. The molecule has 0 aromatic carbocycles. The highest BCUT2D eigenvalue weighted by molar-refractivity contribution is 9.14. The van der Waals surface area contributed by atoms with Crippen LogP contribution in [0.3, 0.4) is 0 Å². The predicted molar refractivity (Wildman–Crippen MR) is 70.7 cm³/mol. The second kappa shape index (κ2) is 4.43. The Balaban J connectivity index is 2.62. The maximum absolute atomic E-state index is 4.00. The van der Waals surface area contributed by atoms with Gasteiger partial charge in [-0.05, 0) is 65.5 Å². The van der Waals surface area contributed by atoms with Gasteiger partial charge in [0.05, 0.1) is 12.0 Å². The molecular formula is C9H4Br3NS. The summed E-state index contributed by atoms with van der Waals surface area (Å²) in [6, 6.07) is 3.98. The minimum absolute atomic E-state index is 1.08. The minimum atomic E-state index is 1.08. The molecule has 2 aromatic rings. The highest BCUT2D eigenvalue weighted by atomic mass is 79.9. The van der Waals surface area contributed by atoms with E-state index in [0.717, 1.165) is 17.6 Å². The monoisotopic (exact) mass is 395 g/mol. The van der Waals surface area contributed by atoms with E-state index >= 15 is 0 Å². The van der Waals surface area contributed by atoms with Crippen molar-refractivity contribution in [3.8, 4) is 11.1 Å². The van der Waals surface area contributed by atoms with Gasteiger partial charge in [0.25, 0.3) is 0 Å². The fraction of sp³-hybridized carbons (Fsp3) is 0. The molecule has 0 atom stereocenters. The number of thiophene rings is 1. The van der Waals surface area contributed by atoms with Crippen LogP contribution in [0.25, 0.3) is 11.1 Å². The molecule has 2 heterocycles. The Hall–Kier alpha value is 0.290. The van der Waals surface area contributed by atoms with Crippen LogP contribution in [0.1, 0.15) is 0 Å². The number of hydrogen-bond donors (Lipinski definition) is 0. The SMILES string of the molecule is Brc1sc(Br)c(-c2ccncc2)c1Br. The van der Waals surface area contributed by atoms with Crippen molar-refractivity contribution in [3.63, 3.8) is 0 Å². The van der Waals surface area contributed by atoms with Crippen molar-refractivity contribution in [2.75, 3.05) is 0 Å². The van der Waals surface area contributed by atoms with E-state index in [-0.39, 0.29) is 0 Å². The van der Waals surface area contributed by atoms with Gasteiger partial charge in [0.15, 0.2) is 0 Å². The van der Waals surface area contributed by atoms with Gasteiger partial charge in [0.1, 0.15) is 0 Å². The van der Waals surface area contributed by atoms with Crippen molar-refractivity contribution < 1.29 is 0 Å². The summed E-state index contributed by atoms with van der Waals surface area (Å²) < 4.78 is 3.29. The van der Waals surface area contributed by atoms with E-state index in [2.05, 4.69) is 52.8 Å². The molecule has 0 aliphatic carbocycles. The van der Waals surface area contributed by atoms with Gasteiger partial charge >= 0.3 is 0 Å². The van der Waals surface area contributed by atoms with E-state index in [9.17, 15) is 0 Å². The van der Waals surface area contributed by atoms with Crippen molar-refractivity contribution in [2.24, 2.45) is 0 Å². The van der Waals surface area contributed by atoms with Crippen LogP contribution in [-0.2, 0) is 0 Å². The lowest BCUT2D eigenvalue weighted by molar-refractivity contribution is 1.33. The molecule has 0 N–H and O–H groups in total. The first-order chi connectivity index (χ1) is 6.70. The summed E-state index contributed by atoms with van der Waals surface area (Å²) in [4.78, 5) is 4.00. The van der Waals surface area contributed by atoms with E-state index in [1.807, 2.05) is 12.1 Å². The van der Waals surface area contributed by atoms with Gasteiger partial charge < -0.3 is 0 Å². The number of halogens is 3. The van der Waals surface area contributed by atoms with Crippen LogP contribution in [0.5, 0.6) is 0 Å². The first-order valence-electron chi connectivity index (χ1n) is 3.74. The largest absolute Gasteiger partial charge is 0.265 e. The molecular weight excluding hydrogens is 394 g/mol. The van der Waals surface area contributed by atoms with Crippen LogP contribution < -0.4 is 0 Å². The third-order valence-corrected chi connectivity index (χ3v) is 5.86. The van der Waals surface area contributed by atoms with Crippen molar-refractivity contribution >= 4 is 59.1 Å². The Kier molecular flexibility index (Phi) is 3.42. The summed E-state index contributed by atoms with van der Waals surface area (Å²) in [6.45, 7) is 0. The molecule has 0 amide bonds. The van der Waals surface area contributed by atoms with Crippen LogP contribution in [0, 0.1) is 0 Å². The Morgan fingerprint density at radius 1 is 1.00 bits per heavy atom. The summed E-state index contributed by atoms with van der Waals surface area (Å²) in [5.41, 5.74) is 2.32. The van der Waals surface area contributed by atoms with Gasteiger partial charge in [-0.1, -0.05) is 0 Å². The van der Waals surface area contributed by atoms with Crippen LogP contribution >= 0.6 is 59.1 Å². The summed E-state index contributed by atoms with van der Waals surface area (Å²) in [5, 5.41) is 0. The number of nitrogens with zero attached hydrogens (tertiary/aromatic N) is 1. The maximum Gasteiger partial charge on any atom is 0.0858 e. The molecule has 5 heteroatoms. The minimum Gasteiger partial charge on any atom is -0.265 e. The number of aromatic nitrogens is 1. The van der Waals surface area contributed by atoms with E-state index in [4.69, 9.17) is 0 Å². The molecule has 0 bridgehead atoms. The van der Waals surface area contributed by atoms with Crippen LogP contribution in [-0.4, -0.2) is 4.98 Å². The van der Waals surface area contributed by atoms with Crippen LogP contribution in [0.2, 0.25) is 0 Å². The first-order valence-corrected chi connectivity index (χ1v) is 6.93. The molecule has 0 saturated carbocycles. The zero-order chi connectivity index (χ0) is 10.1. The highest BCUT2D eigenvalue weighted by Gasteiger charge is 2.14. The van der Waals surface area contributed by atoms with Crippen molar-refractivity contribution in [1.82, 2.24) is 4.98 Å². The highest BCUT2D eigenvalue weighted by Crippen LogP contribution is 2.46. The van der Waals surface area contributed by atoms with Crippen molar-refractivity contribution in [2.45, 2.75) is 0 Å². The van der Waals surface area contributed by atoms with Gasteiger partial charge in [-0.3, -0.25) is 4.98 Å². The zero-order valence-electron chi connectivity index (χ0n) is 6.80. The molecule has 0 saturated heterocycles. The first kappa shape index (κ1) is 10.8. The lowest BCUT2D eigenvalue weighted by atomic mass is 10.1. The summed E-state index contributed by atoms with van der Waals surface area (Å²) in [5.74, 6) is 0. The molecule has 0 radical (unpaired) electrons. The molecule has 0 unspecified atom stereocenters. The molecule has 0 aliphatic heterocycles. The molecule has 0 fully saturated rings. The van der Waals surface area contributed by atoms with Crippen molar-refractivity contribution in [3.05, 3.63) is 36.6 Å². The molecule has 2 aromatic heterocycles. The Labute approximate surface area is 111 Å². The quantitative estimate of drug-likeness (QED) is 0.652. The smallest absolute Gasteiger partial charge is 0.0858 e. The zero-order valence-corrected chi connectivity index (χ0v) is 12.4. The van der Waals surface area contributed by atoms with E-state index in [1.165, 1.54) is 5.56 Å². The average Bonchev–Trinajstić information content (AvgIpc) is 2.43. The van der Waals surface area contributed by atoms with Crippen LogP contribution in [0.4, 0.5) is 0 Å². The summed E-state index contributed by atoms with van der Waals surface area (Å²) >= 11 is 12.2. The van der Waals surface area contributed by atoms with Crippen molar-refractivity contribution in [1.29, 1.82) is 0 Å². The third kappa shape index (κ3) is 1.96.